The highest BCUT2D eigenvalue weighted by Gasteiger charge is 1.97. The van der Waals surface area contributed by atoms with Gasteiger partial charge in [-0.05, 0) is 38.5 Å². The van der Waals surface area contributed by atoms with Gasteiger partial charge in [0.15, 0.2) is 0 Å². The first kappa shape index (κ1) is 11.3. The highest BCUT2D eigenvalue weighted by molar-refractivity contribution is 5.15. The van der Waals surface area contributed by atoms with Crippen LogP contribution in [0.4, 0.5) is 0 Å². The molecular weight excluding hydrogens is 168 g/mol. The fourth-order valence-electron chi connectivity index (χ4n) is 1.83. The fraction of sp³-hybridized carbons (Fsp3) is 0.571. The van der Waals surface area contributed by atoms with Crippen LogP contribution in [0.15, 0.2) is 35.5 Å². The molecule has 0 heterocycles. The van der Waals surface area contributed by atoms with Crippen molar-refractivity contribution in [1.29, 1.82) is 0 Å². The monoisotopic (exact) mass is 190 g/mol. The Bertz CT molecular complexity index is 241. The minimum absolute atomic E-state index is 1.19. The first-order valence-electron chi connectivity index (χ1n) is 5.89. The first-order valence-corrected chi connectivity index (χ1v) is 5.89. The van der Waals surface area contributed by atoms with Crippen LogP contribution in [0.2, 0.25) is 0 Å². The third kappa shape index (κ3) is 3.95. The average molecular weight is 190 g/mol. The van der Waals surface area contributed by atoms with Gasteiger partial charge in [0.1, 0.15) is 0 Å². The summed E-state index contributed by atoms with van der Waals surface area (Å²) in [5.74, 6) is 0. The number of rotatable bonds is 2. The molecule has 0 fully saturated rings. The Balaban J connectivity index is 2.62. The molecule has 1 aliphatic carbocycles. The van der Waals surface area contributed by atoms with Gasteiger partial charge in [0.25, 0.3) is 0 Å². The molecule has 0 unspecified atom stereocenters. The van der Waals surface area contributed by atoms with Gasteiger partial charge in [0, 0.05) is 0 Å². The highest BCUT2D eigenvalue weighted by atomic mass is 14.0. The molecule has 14 heavy (non-hydrogen) atoms. The van der Waals surface area contributed by atoms with Crippen molar-refractivity contribution in [2.75, 3.05) is 0 Å². The zero-order valence-corrected chi connectivity index (χ0v) is 9.55. The lowest BCUT2D eigenvalue weighted by molar-refractivity contribution is 0.853. The van der Waals surface area contributed by atoms with Crippen molar-refractivity contribution in [2.24, 2.45) is 0 Å². The maximum absolute atomic E-state index is 2.45. The maximum atomic E-state index is 2.45. The molecule has 78 valence electrons. The van der Waals surface area contributed by atoms with E-state index in [0.29, 0.717) is 0 Å². The van der Waals surface area contributed by atoms with E-state index in [1.807, 2.05) is 0 Å². The van der Waals surface area contributed by atoms with Gasteiger partial charge in [0.05, 0.1) is 0 Å². The number of hydrogen-bond acceptors (Lipinski definition) is 0. The molecule has 0 radical (unpaired) electrons. The van der Waals surface area contributed by atoms with Crippen molar-refractivity contribution in [3.8, 4) is 0 Å². The SMILES string of the molecule is CC/C1=C/C=C\CC/C(CC)=C\CC1. The van der Waals surface area contributed by atoms with Crippen molar-refractivity contribution >= 4 is 0 Å². The molecule has 0 saturated carbocycles. The predicted octanol–water partition coefficient (Wildman–Crippen LogP) is 4.79. The molecule has 0 nitrogen and oxygen atoms in total. The predicted molar refractivity (Wildman–Crippen MR) is 64.4 cm³/mol. The second kappa shape index (κ2) is 6.64. The van der Waals surface area contributed by atoms with E-state index in [9.17, 15) is 0 Å². The molecule has 0 aromatic rings. The van der Waals surface area contributed by atoms with Crippen LogP contribution in [0.3, 0.4) is 0 Å². The first-order chi connectivity index (χ1) is 6.86. The zero-order chi connectivity index (χ0) is 10.2. The summed E-state index contributed by atoms with van der Waals surface area (Å²) in [6, 6.07) is 0. The molecule has 0 heteroatoms. The molecule has 0 aromatic heterocycles. The van der Waals surface area contributed by atoms with Gasteiger partial charge in [-0.1, -0.05) is 49.3 Å². The van der Waals surface area contributed by atoms with Gasteiger partial charge in [-0.25, -0.2) is 0 Å². The topological polar surface area (TPSA) is 0 Å². The third-order valence-corrected chi connectivity index (χ3v) is 2.91. The van der Waals surface area contributed by atoms with Crippen molar-refractivity contribution < 1.29 is 0 Å². The van der Waals surface area contributed by atoms with Crippen LogP contribution in [0.5, 0.6) is 0 Å². The summed E-state index contributed by atoms with van der Waals surface area (Å²) in [5, 5.41) is 0. The minimum atomic E-state index is 1.19. The Morgan fingerprint density at radius 1 is 1.00 bits per heavy atom. The van der Waals surface area contributed by atoms with Gasteiger partial charge in [0.2, 0.25) is 0 Å². The van der Waals surface area contributed by atoms with Crippen molar-refractivity contribution in [3.63, 3.8) is 0 Å². The molecular formula is C14H22. The second-order valence-corrected chi connectivity index (χ2v) is 3.90. The Kier molecular flexibility index (Phi) is 5.36. The van der Waals surface area contributed by atoms with Gasteiger partial charge >= 0.3 is 0 Å². The summed E-state index contributed by atoms with van der Waals surface area (Å²) < 4.78 is 0. The molecule has 0 aliphatic heterocycles. The van der Waals surface area contributed by atoms with Crippen LogP contribution >= 0.6 is 0 Å². The Morgan fingerprint density at radius 3 is 2.43 bits per heavy atom. The lowest BCUT2D eigenvalue weighted by Crippen LogP contribution is -1.86. The van der Waals surface area contributed by atoms with Crippen LogP contribution in [-0.4, -0.2) is 0 Å². The van der Waals surface area contributed by atoms with Crippen LogP contribution < -0.4 is 0 Å². The summed E-state index contributed by atoms with van der Waals surface area (Å²) in [5.41, 5.74) is 3.21. The van der Waals surface area contributed by atoms with E-state index in [4.69, 9.17) is 0 Å². The van der Waals surface area contributed by atoms with Crippen molar-refractivity contribution in [2.45, 2.75) is 52.4 Å². The van der Waals surface area contributed by atoms with E-state index in [0.717, 1.165) is 0 Å². The molecule has 0 N–H and O–H groups in total. The van der Waals surface area contributed by atoms with E-state index in [2.05, 4.69) is 38.2 Å². The van der Waals surface area contributed by atoms with E-state index in [1.54, 1.807) is 11.1 Å². The smallest absolute Gasteiger partial charge is 0.0282 e. The van der Waals surface area contributed by atoms with Crippen molar-refractivity contribution in [1.82, 2.24) is 0 Å². The molecule has 0 atom stereocenters. The second-order valence-electron chi connectivity index (χ2n) is 3.90. The van der Waals surface area contributed by atoms with Gasteiger partial charge in [-0.3, -0.25) is 0 Å². The molecule has 1 rings (SSSR count). The average Bonchev–Trinajstić information content (AvgIpc) is 2.24. The Hall–Kier alpha value is -0.780. The summed E-state index contributed by atoms with van der Waals surface area (Å²) in [6.45, 7) is 4.51. The molecule has 0 saturated heterocycles. The normalized spacial score (nSPS) is 28.4. The molecule has 0 aromatic carbocycles. The van der Waals surface area contributed by atoms with Crippen molar-refractivity contribution in [3.05, 3.63) is 35.5 Å². The zero-order valence-electron chi connectivity index (χ0n) is 9.55. The van der Waals surface area contributed by atoms with Gasteiger partial charge < -0.3 is 0 Å². The van der Waals surface area contributed by atoms with Gasteiger partial charge in [-0.15, -0.1) is 0 Å². The molecule has 0 bridgehead atoms. The fourth-order valence-corrected chi connectivity index (χ4v) is 1.83. The minimum Gasteiger partial charge on any atom is -0.0850 e. The lowest BCUT2D eigenvalue weighted by Gasteiger charge is -2.06. The molecule has 1 aliphatic rings. The van der Waals surface area contributed by atoms with Crippen LogP contribution in [0.25, 0.3) is 0 Å². The van der Waals surface area contributed by atoms with Crippen LogP contribution in [-0.2, 0) is 0 Å². The molecule has 0 spiro atoms. The van der Waals surface area contributed by atoms with Crippen LogP contribution in [0.1, 0.15) is 52.4 Å². The highest BCUT2D eigenvalue weighted by Crippen LogP contribution is 2.17. The number of hydrogen-bond donors (Lipinski definition) is 0. The summed E-state index contributed by atoms with van der Waals surface area (Å²) in [7, 11) is 0. The van der Waals surface area contributed by atoms with E-state index in [1.165, 1.54) is 38.5 Å². The number of allylic oxidation sites excluding steroid dienone is 6. The quantitative estimate of drug-likeness (QED) is 0.549. The lowest BCUT2D eigenvalue weighted by atomic mass is 10.0. The third-order valence-electron chi connectivity index (χ3n) is 2.91. The Labute approximate surface area is 88.4 Å². The summed E-state index contributed by atoms with van der Waals surface area (Å²) in [4.78, 5) is 0. The van der Waals surface area contributed by atoms with Gasteiger partial charge in [-0.2, -0.15) is 0 Å². The largest absolute Gasteiger partial charge is 0.0850 e. The van der Waals surface area contributed by atoms with E-state index in [-0.39, 0.29) is 0 Å². The Morgan fingerprint density at radius 2 is 1.71 bits per heavy atom. The standard InChI is InChI=1S/C14H22/c1-3-13-9-6-5-7-10-14(4-2)12-8-11-13/h5-6,9,12H,3-4,7-8,10-11H2,1-2H3/b6-5-,13-9-,14-12-. The molecule has 0 amide bonds. The van der Waals surface area contributed by atoms with Crippen LogP contribution in [0, 0.1) is 0 Å². The summed E-state index contributed by atoms with van der Waals surface area (Å²) >= 11 is 0. The maximum Gasteiger partial charge on any atom is -0.0282 e. The van der Waals surface area contributed by atoms with E-state index < -0.39 is 0 Å². The van der Waals surface area contributed by atoms with E-state index >= 15 is 0 Å². The summed E-state index contributed by atoms with van der Waals surface area (Å²) in [6.07, 6.45) is 16.6.